The number of ether oxygens (including phenoxy) is 1. The maximum absolute atomic E-state index is 13.2. The zero-order valence-corrected chi connectivity index (χ0v) is 18.6. The molecule has 0 saturated carbocycles. The van der Waals surface area contributed by atoms with Crippen LogP contribution in [0.4, 0.5) is 5.69 Å². The van der Waals surface area contributed by atoms with Gasteiger partial charge in [-0.3, -0.25) is 14.3 Å². The number of primary amides is 1. The van der Waals surface area contributed by atoms with Crippen LogP contribution in [0.2, 0.25) is 5.02 Å². The Labute approximate surface area is 196 Å². The fraction of sp³-hybridized carbons (Fsp3) is 0.136. The van der Waals surface area contributed by atoms with E-state index in [-0.39, 0.29) is 12.2 Å². The summed E-state index contributed by atoms with van der Waals surface area (Å²) in [5, 5.41) is 4.21. The average molecular weight is 483 g/mol. The molecule has 0 fully saturated rings. The molecule has 0 aliphatic heterocycles. The zero-order valence-electron chi connectivity index (χ0n) is 17.8. The molecule has 2 heterocycles. The molecule has 0 radical (unpaired) electrons. The predicted molar refractivity (Wildman–Crippen MR) is 122 cm³/mol. The summed E-state index contributed by atoms with van der Waals surface area (Å²) < 4.78 is 12.2. The number of benzene rings is 2. The van der Waals surface area contributed by atoms with Crippen LogP contribution in [0.1, 0.15) is 18.5 Å². The molecule has 2 aromatic heterocycles. The van der Waals surface area contributed by atoms with Crippen LogP contribution in [0, 0.1) is 0 Å². The lowest BCUT2D eigenvalue weighted by Gasteiger charge is -2.14. The molecule has 174 valence electrons. The Balaban J connectivity index is 1.79. The highest BCUT2D eigenvalue weighted by atomic mass is 35.5. The van der Waals surface area contributed by atoms with E-state index < -0.39 is 23.3 Å². The summed E-state index contributed by atoms with van der Waals surface area (Å²) in [5.41, 5.74) is 4.93. The molecule has 4 rings (SSSR count). The first-order chi connectivity index (χ1) is 16.3. The number of nitrogens with zero attached hydrogens (tertiary/aromatic N) is 4. The van der Waals surface area contributed by atoms with Gasteiger partial charge in [0, 0.05) is 11.1 Å². The molecular formula is C22H19ClN6O5. The van der Waals surface area contributed by atoms with E-state index in [9.17, 15) is 14.4 Å². The minimum atomic E-state index is -1.16. The molecule has 12 heteroatoms. The molecule has 0 bridgehead atoms. The van der Waals surface area contributed by atoms with Crippen LogP contribution < -0.4 is 27.5 Å². The molecule has 11 nitrogen and oxygen atoms in total. The van der Waals surface area contributed by atoms with E-state index in [1.165, 1.54) is 17.8 Å². The van der Waals surface area contributed by atoms with Gasteiger partial charge in [0.05, 0.1) is 12.2 Å². The summed E-state index contributed by atoms with van der Waals surface area (Å²) in [6, 6.07) is 13.8. The van der Waals surface area contributed by atoms with Gasteiger partial charge in [0.15, 0.2) is 0 Å². The molecule has 0 unspecified atom stereocenters. The van der Waals surface area contributed by atoms with Gasteiger partial charge in [-0.2, -0.15) is 0 Å². The summed E-state index contributed by atoms with van der Waals surface area (Å²) in [4.78, 5) is 44.5. The van der Waals surface area contributed by atoms with E-state index in [1.54, 1.807) is 54.6 Å². The highest BCUT2D eigenvalue weighted by Gasteiger charge is 2.19. The van der Waals surface area contributed by atoms with Gasteiger partial charge in [-0.1, -0.05) is 23.7 Å². The third kappa shape index (κ3) is 4.99. The van der Waals surface area contributed by atoms with Crippen molar-refractivity contribution in [2.75, 3.05) is 0 Å². The maximum atomic E-state index is 13.2. The van der Waals surface area contributed by atoms with Crippen LogP contribution in [-0.4, -0.2) is 25.2 Å². The number of rotatable bonds is 7. The Kier molecular flexibility index (Phi) is 6.46. The number of halogens is 1. The number of nitrogens with one attached hydrogen (secondary N) is 1. The zero-order chi connectivity index (χ0) is 24.2. The second-order valence-electron chi connectivity index (χ2n) is 7.24. The van der Waals surface area contributed by atoms with E-state index in [2.05, 4.69) is 15.1 Å². The quantitative estimate of drug-likeness (QED) is 0.411. The Morgan fingerprint density at radius 2 is 1.88 bits per heavy atom. The first-order valence-corrected chi connectivity index (χ1v) is 10.4. The summed E-state index contributed by atoms with van der Waals surface area (Å²) in [6.07, 6.45) is 1.39. The largest absolute Gasteiger partial charge is 0.436 e. The molecule has 1 amide bonds. The summed E-state index contributed by atoms with van der Waals surface area (Å²) in [6.45, 7) is 1.43. The number of aromatic amines is 1. The van der Waals surface area contributed by atoms with Crippen molar-refractivity contribution < 1.29 is 14.1 Å². The number of carbonyl (C=O) groups excluding carboxylic acids is 1. The van der Waals surface area contributed by atoms with Crippen molar-refractivity contribution in [1.82, 2.24) is 19.3 Å². The fourth-order valence-electron chi connectivity index (χ4n) is 3.09. The van der Waals surface area contributed by atoms with Crippen molar-refractivity contribution in [3.63, 3.8) is 0 Å². The van der Waals surface area contributed by atoms with Gasteiger partial charge in [-0.25, -0.2) is 19.1 Å². The minimum absolute atomic E-state index is 0.0111. The number of hydrogen-bond acceptors (Lipinski definition) is 7. The van der Waals surface area contributed by atoms with Gasteiger partial charge in [0.2, 0.25) is 11.5 Å². The van der Waals surface area contributed by atoms with Gasteiger partial charge in [-0.05, 0) is 54.0 Å². The number of H-pyrrole nitrogens is 1. The standard InChI is InChI=1S/C22H19ClN6O5/c1-13(19(24)30)29-21(31)26-20(28(22(29)32)12-14-2-4-15(23)5-3-14)25-16-6-8-17(9-7-16)34-18-10-11-33-27-18/h2-11,13H,12H2,1H3,(H2,24,30)(H,25,26,31)/t13-/m0/s1. The topological polar surface area (TPSA) is 150 Å². The lowest BCUT2D eigenvalue weighted by Crippen LogP contribution is -2.52. The molecule has 34 heavy (non-hydrogen) atoms. The Morgan fingerprint density at radius 1 is 1.18 bits per heavy atom. The van der Waals surface area contributed by atoms with Crippen LogP contribution in [0.3, 0.4) is 0 Å². The lowest BCUT2D eigenvalue weighted by atomic mass is 10.2. The number of nitrogens with two attached hydrogens (primary N) is 1. The van der Waals surface area contributed by atoms with E-state index >= 15 is 0 Å². The van der Waals surface area contributed by atoms with Gasteiger partial charge in [0.1, 0.15) is 18.1 Å². The highest BCUT2D eigenvalue weighted by Crippen LogP contribution is 2.22. The van der Waals surface area contributed by atoms with Gasteiger partial charge >= 0.3 is 11.4 Å². The third-order valence-corrected chi connectivity index (χ3v) is 5.14. The molecule has 0 aliphatic carbocycles. The minimum Gasteiger partial charge on any atom is -0.436 e. The summed E-state index contributed by atoms with van der Waals surface area (Å²) in [5.74, 6) is -0.0406. The number of amides is 1. The first-order valence-electron chi connectivity index (χ1n) is 10.0. The van der Waals surface area contributed by atoms with Gasteiger partial charge in [-0.15, -0.1) is 0 Å². The number of hydrogen-bond donors (Lipinski definition) is 2. The van der Waals surface area contributed by atoms with Crippen molar-refractivity contribution in [3.8, 4) is 11.6 Å². The molecule has 0 aliphatic rings. The van der Waals surface area contributed by atoms with Crippen molar-refractivity contribution >= 4 is 23.2 Å². The van der Waals surface area contributed by atoms with E-state index in [1.807, 2.05) is 0 Å². The molecule has 1 atom stereocenters. The Bertz CT molecular complexity index is 1490. The SMILES string of the molecule is C[C@@H](C(N)=O)n1c(=O)[nH]/c(=N\c2ccc(Oc3ccon3)cc2)n(Cc2ccc(Cl)cc2)c1=O. The van der Waals surface area contributed by atoms with Crippen LogP contribution in [0.15, 0.2) is 80.0 Å². The predicted octanol–water partition coefficient (Wildman–Crippen LogP) is 2.10. The first kappa shape index (κ1) is 22.8. The van der Waals surface area contributed by atoms with Crippen LogP contribution >= 0.6 is 11.6 Å². The van der Waals surface area contributed by atoms with Crippen molar-refractivity contribution in [2.45, 2.75) is 19.5 Å². The molecular weight excluding hydrogens is 464 g/mol. The smallest absolute Gasteiger partial charge is 0.336 e. The highest BCUT2D eigenvalue weighted by molar-refractivity contribution is 6.30. The van der Waals surface area contributed by atoms with E-state index in [4.69, 9.17) is 26.6 Å². The molecule has 3 N–H and O–H groups in total. The average Bonchev–Trinajstić information content (AvgIpc) is 3.32. The van der Waals surface area contributed by atoms with Crippen molar-refractivity contribution in [3.05, 3.63) is 98.0 Å². The van der Waals surface area contributed by atoms with Crippen LogP contribution in [0.5, 0.6) is 11.6 Å². The fourth-order valence-corrected chi connectivity index (χ4v) is 3.21. The van der Waals surface area contributed by atoms with Gasteiger partial charge < -0.3 is 15.0 Å². The molecule has 2 aromatic carbocycles. The number of aromatic nitrogens is 4. The van der Waals surface area contributed by atoms with Crippen LogP contribution in [0.25, 0.3) is 0 Å². The Hall–Kier alpha value is -4.38. The van der Waals surface area contributed by atoms with Crippen molar-refractivity contribution in [2.24, 2.45) is 10.7 Å². The lowest BCUT2D eigenvalue weighted by molar-refractivity contribution is -0.120. The van der Waals surface area contributed by atoms with Gasteiger partial charge in [0.25, 0.3) is 5.88 Å². The second kappa shape index (κ2) is 9.63. The summed E-state index contributed by atoms with van der Waals surface area (Å²) in [7, 11) is 0. The van der Waals surface area contributed by atoms with E-state index in [0.29, 0.717) is 22.3 Å². The molecule has 4 aromatic rings. The normalized spacial score (nSPS) is 12.5. The maximum Gasteiger partial charge on any atom is 0.336 e. The summed E-state index contributed by atoms with van der Waals surface area (Å²) >= 11 is 5.95. The molecule has 0 spiro atoms. The molecule has 0 saturated heterocycles. The Morgan fingerprint density at radius 3 is 2.50 bits per heavy atom. The monoisotopic (exact) mass is 482 g/mol. The third-order valence-electron chi connectivity index (χ3n) is 4.89. The second-order valence-corrected chi connectivity index (χ2v) is 7.68. The van der Waals surface area contributed by atoms with Crippen molar-refractivity contribution in [1.29, 1.82) is 0 Å². The number of carbonyl (C=O) groups is 1. The van der Waals surface area contributed by atoms with Crippen LogP contribution in [-0.2, 0) is 11.3 Å². The van der Waals surface area contributed by atoms with E-state index in [0.717, 1.165) is 10.1 Å².